The van der Waals surface area contributed by atoms with Crippen molar-refractivity contribution < 1.29 is 23.1 Å². The van der Waals surface area contributed by atoms with Gasteiger partial charge in [-0.15, -0.1) is 0 Å². The number of para-hydroxylation sites is 1. The molecule has 1 aliphatic heterocycles. The van der Waals surface area contributed by atoms with E-state index < -0.39 is 29.3 Å². The van der Waals surface area contributed by atoms with Gasteiger partial charge in [0.2, 0.25) is 0 Å². The predicted octanol–water partition coefficient (Wildman–Crippen LogP) is 6.02. The maximum absolute atomic E-state index is 15.5. The number of rotatable bonds is 6. The summed E-state index contributed by atoms with van der Waals surface area (Å²) in [5.41, 5.74) is 0.879. The molecule has 2 aromatic carbocycles. The fourth-order valence-corrected chi connectivity index (χ4v) is 4.88. The molecule has 3 aromatic rings. The first kappa shape index (κ1) is 23.1. The van der Waals surface area contributed by atoms with E-state index in [1.54, 1.807) is 0 Å². The number of aliphatic carboxylic acids is 1. The summed E-state index contributed by atoms with van der Waals surface area (Å²) in [5, 5.41) is 9.83. The molecule has 0 saturated heterocycles. The third-order valence-electron chi connectivity index (χ3n) is 6.18. The van der Waals surface area contributed by atoms with E-state index in [0.29, 0.717) is 18.5 Å². The molecule has 2 N–H and O–H groups in total. The van der Waals surface area contributed by atoms with Gasteiger partial charge in [0.05, 0.1) is 6.04 Å². The van der Waals surface area contributed by atoms with Crippen molar-refractivity contribution in [3.63, 3.8) is 0 Å². The molecule has 0 unspecified atom stereocenters. The van der Waals surface area contributed by atoms with Crippen LogP contribution in [0.1, 0.15) is 55.6 Å². The number of halogens is 3. The van der Waals surface area contributed by atoms with Crippen LogP contribution in [0.15, 0.2) is 42.5 Å². The van der Waals surface area contributed by atoms with Crippen LogP contribution in [0.3, 0.4) is 0 Å². The lowest BCUT2D eigenvalue weighted by atomic mass is 9.85. The number of carbonyl (C=O) groups is 1. The first-order valence-electron chi connectivity index (χ1n) is 11.0. The van der Waals surface area contributed by atoms with Crippen LogP contribution in [-0.2, 0) is 11.2 Å². The topological polar surface area (TPSA) is 56.3 Å². The third kappa shape index (κ3) is 4.55. The number of hydrogen-bond donors (Lipinski definition) is 2. The van der Waals surface area contributed by atoms with Crippen molar-refractivity contribution in [3.05, 3.63) is 76.5 Å². The molecular formula is C26H27F3N2O2. The van der Waals surface area contributed by atoms with Gasteiger partial charge in [-0.05, 0) is 62.1 Å². The second kappa shape index (κ2) is 8.71. The summed E-state index contributed by atoms with van der Waals surface area (Å²) in [5.74, 6) is -2.81. The number of H-pyrrole nitrogens is 1. The molecule has 0 fully saturated rings. The highest BCUT2D eigenvalue weighted by Crippen LogP contribution is 2.44. The van der Waals surface area contributed by atoms with E-state index in [4.69, 9.17) is 5.11 Å². The number of hydrogen-bond acceptors (Lipinski definition) is 2. The molecule has 33 heavy (non-hydrogen) atoms. The van der Waals surface area contributed by atoms with E-state index in [9.17, 15) is 9.18 Å². The van der Waals surface area contributed by atoms with Crippen molar-refractivity contribution >= 4 is 22.9 Å². The van der Waals surface area contributed by atoms with Gasteiger partial charge >= 0.3 is 5.97 Å². The van der Waals surface area contributed by atoms with Gasteiger partial charge in [0, 0.05) is 40.8 Å². The number of aromatic nitrogens is 1. The summed E-state index contributed by atoms with van der Waals surface area (Å²) in [6.07, 6.45) is 3.30. The zero-order valence-electron chi connectivity index (χ0n) is 18.8. The number of carboxylic acids is 1. The van der Waals surface area contributed by atoms with Gasteiger partial charge in [-0.1, -0.05) is 25.1 Å². The van der Waals surface area contributed by atoms with Crippen LogP contribution >= 0.6 is 0 Å². The van der Waals surface area contributed by atoms with Crippen molar-refractivity contribution in [2.45, 2.75) is 51.4 Å². The minimum Gasteiger partial charge on any atom is -0.478 e. The standard InChI is InChI=1S/C26H27F3N2O2/c1-4-16-13-18-17-7-5-6-8-21(17)30-24(18)25(31(16)14-26(2,3)29)23-19(27)11-15(12-20(23)28)9-10-22(32)33/h5-12,16,25,30H,4,13-14H2,1-3H3,(H,32,33)/t16-,25-/m1/s1. The molecule has 0 spiro atoms. The number of alkyl halides is 1. The third-order valence-corrected chi connectivity index (χ3v) is 6.18. The molecule has 4 rings (SSSR count). The monoisotopic (exact) mass is 456 g/mol. The molecule has 0 aliphatic carbocycles. The van der Waals surface area contributed by atoms with Crippen molar-refractivity contribution in [2.24, 2.45) is 0 Å². The second-order valence-corrected chi connectivity index (χ2v) is 9.19. The van der Waals surface area contributed by atoms with Gasteiger partial charge < -0.3 is 10.1 Å². The van der Waals surface area contributed by atoms with E-state index in [-0.39, 0.29) is 23.7 Å². The fraction of sp³-hybridized carbons (Fsp3) is 0.346. The average molecular weight is 457 g/mol. The summed E-state index contributed by atoms with van der Waals surface area (Å²) in [6, 6.07) is 9.00. The molecule has 1 aromatic heterocycles. The van der Waals surface area contributed by atoms with Crippen LogP contribution in [0.4, 0.5) is 13.2 Å². The Labute approximate surface area is 190 Å². The first-order chi connectivity index (χ1) is 15.6. The number of benzene rings is 2. The first-order valence-corrected chi connectivity index (χ1v) is 11.0. The van der Waals surface area contributed by atoms with E-state index in [0.717, 1.165) is 40.8 Å². The lowest BCUT2D eigenvalue weighted by molar-refractivity contribution is -0.131. The number of fused-ring (bicyclic) bond motifs is 3. The molecule has 2 heterocycles. The van der Waals surface area contributed by atoms with Gasteiger partial charge in [0.25, 0.3) is 0 Å². The second-order valence-electron chi connectivity index (χ2n) is 9.19. The minimum absolute atomic E-state index is 0.00449. The van der Waals surface area contributed by atoms with E-state index in [1.165, 1.54) is 13.8 Å². The zero-order valence-corrected chi connectivity index (χ0v) is 18.8. The molecule has 0 amide bonds. The molecule has 0 radical (unpaired) electrons. The largest absolute Gasteiger partial charge is 0.478 e. The van der Waals surface area contributed by atoms with Crippen molar-refractivity contribution in [2.75, 3.05) is 6.54 Å². The van der Waals surface area contributed by atoms with E-state index in [1.807, 2.05) is 36.1 Å². The van der Waals surface area contributed by atoms with Gasteiger partial charge in [-0.2, -0.15) is 0 Å². The average Bonchev–Trinajstić information content (AvgIpc) is 3.10. The van der Waals surface area contributed by atoms with Crippen LogP contribution < -0.4 is 0 Å². The normalized spacial score (nSPS) is 19.3. The van der Waals surface area contributed by atoms with Crippen LogP contribution in [0.2, 0.25) is 0 Å². The number of nitrogens with zero attached hydrogens (tertiary/aromatic N) is 1. The number of aromatic amines is 1. The van der Waals surface area contributed by atoms with Gasteiger partial charge in [-0.25, -0.2) is 18.0 Å². The Morgan fingerprint density at radius 1 is 1.24 bits per heavy atom. The Bertz CT molecular complexity index is 1200. The highest BCUT2D eigenvalue weighted by atomic mass is 19.1. The smallest absolute Gasteiger partial charge is 0.328 e. The molecule has 174 valence electrons. The Morgan fingerprint density at radius 2 is 1.91 bits per heavy atom. The van der Waals surface area contributed by atoms with Crippen molar-refractivity contribution in [3.8, 4) is 0 Å². The van der Waals surface area contributed by atoms with E-state index in [2.05, 4.69) is 4.98 Å². The van der Waals surface area contributed by atoms with Gasteiger partial charge in [0.15, 0.2) is 0 Å². The molecule has 2 atom stereocenters. The highest BCUT2D eigenvalue weighted by Gasteiger charge is 2.41. The summed E-state index contributed by atoms with van der Waals surface area (Å²) in [6.45, 7) is 4.92. The summed E-state index contributed by atoms with van der Waals surface area (Å²) < 4.78 is 45.8. The SMILES string of the molecule is CC[C@@H]1Cc2c([nH]c3ccccc23)[C@@H](c2c(F)cc(C=CC(=O)O)cc2F)N1CC(C)(C)F. The Kier molecular flexibility index (Phi) is 6.10. The quantitative estimate of drug-likeness (QED) is 0.446. The zero-order chi connectivity index (χ0) is 23.9. The fourth-order valence-electron chi connectivity index (χ4n) is 4.88. The predicted molar refractivity (Wildman–Crippen MR) is 123 cm³/mol. The highest BCUT2D eigenvalue weighted by molar-refractivity contribution is 5.86. The molecular weight excluding hydrogens is 429 g/mol. The van der Waals surface area contributed by atoms with Gasteiger partial charge in [0.1, 0.15) is 17.3 Å². The number of carboxylic acid groups (broad SMARTS) is 1. The molecule has 0 bridgehead atoms. The van der Waals surface area contributed by atoms with Crippen molar-refractivity contribution in [1.29, 1.82) is 0 Å². The van der Waals surface area contributed by atoms with Crippen LogP contribution in [0.25, 0.3) is 17.0 Å². The minimum atomic E-state index is -1.58. The Hall–Kier alpha value is -3.06. The molecule has 1 aliphatic rings. The Morgan fingerprint density at radius 3 is 2.52 bits per heavy atom. The van der Waals surface area contributed by atoms with E-state index >= 15 is 8.78 Å². The van der Waals surface area contributed by atoms with Crippen LogP contribution in [-0.4, -0.2) is 39.2 Å². The molecule has 4 nitrogen and oxygen atoms in total. The lowest BCUT2D eigenvalue weighted by Crippen LogP contribution is -2.49. The van der Waals surface area contributed by atoms with Crippen molar-refractivity contribution in [1.82, 2.24) is 9.88 Å². The van der Waals surface area contributed by atoms with Gasteiger partial charge in [-0.3, -0.25) is 4.90 Å². The molecule has 0 saturated carbocycles. The van der Waals surface area contributed by atoms with Crippen LogP contribution in [0, 0.1) is 11.6 Å². The maximum Gasteiger partial charge on any atom is 0.328 e. The lowest BCUT2D eigenvalue weighted by Gasteiger charge is -2.44. The summed E-state index contributed by atoms with van der Waals surface area (Å²) in [4.78, 5) is 16.0. The summed E-state index contributed by atoms with van der Waals surface area (Å²) in [7, 11) is 0. The molecule has 7 heteroatoms. The maximum atomic E-state index is 15.5. The Balaban J connectivity index is 1.94. The van der Waals surface area contributed by atoms with Crippen LogP contribution in [0.5, 0.6) is 0 Å². The summed E-state index contributed by atoms with van der Waals surface area (Å²) >= 11 is 0. The number of nitrogens with one attached hydrogen (secondary N) is 1.